The molecule has 0 amide bonds. The van der Waals surface area contributed by atoms with Gasteiger partial charge in [-0.15, -0.1) is 0 Å². The normalized spacial score (nSPS) is 10.8. The van der Waals surface area contributed by atoms with E-state index in [1.807, 2.05) is 0 Å². The van der Waals surface area contributed by atoms with Crippen LogP contribution in [0, 0.1) is 0 Å². The lowest BCUT2D eigenvalue weighted by Gasteiger charge is -1.90. The monoisotopic (exact) mass is 113 g/mol. The summed E-state index contributed by atoms with van der Waals surface area (Å²) in [6, 6.07) is 0. The highest BCUT2D eigenvalue weighted by Crippen LogP contribution is 1.75. The molecule has 0 spiro atoms. The van der Waals surface area contributed by atoms with Gasteiger partial charge in [0, 0.05) is 6.54 Å². The Morgan fingerprint density at radius 3 is 2.50 bits per heavy atom. The van der Waals surface area contributed by atoms with Crippen LogP contribution < -0.4 is 5.32 Å². The molecule has 0 bridgehead atoms. The second-order valence-electron chi connectivity index (χ2n) is 1.69. The zero-order valence-electron chi connectivity index (χ0n) is 5.78. The average molecular weight is 113 g/mol. The lowest BCUT2D eigenvalue weighted by atomic mass is 10.4. The molecular weight excluding hydrogens is 98.1 g/mol. The van der Waals surface area contributed by atoms with E-state index in [9.17, 15) is 0 Å². The van der Waals surface area contributed by atoms with E-state index in [1.54, 1.807) is 0 Å². The van der Waals surface area contributed by atoms with Gasteiger partial charge < -0.3 is 5.32 Å². The van der Waals surface area contributed by atoms with Gasteiger partial charge in [-0.2, -0.15) is 0 Å². The largest absolute Gasteiger partial charge is 0.314 e. The van der Waals surface area contributed by atoms with Crippen LogP contribution >= 0.6 is 0 Å². The van der Waals surface area contributed by atoms with E-state index in [2.05, 4.69) is 31.3 Å². The van der Waals surface area contributed by atoms with Gasteiger partial charge in [-0.05, 0) is 13.0 Å². The van der Waals surface area contributed by atoms with Crippen molar-refractivity contribution in [1.29, 1.82) is 0 Å². The standard InChI is InChI=1S/C7H15N/c1-3-5-6-7-8-4-2/h5-6,8H,3-4,7H2,1-2H3. The van der Waals surface area contributed by atoms with Gasteiger partial charge in [-0.25, -0.2) is 0 Å². The maximum atomic E-state index is 3.20. The van der Waals surface area contributed by atoms with Crippen LogP contribution in [0.3, 0.4) is 0 Å². The smallest absolute Gasteiger partial charge is 0.0134 e. The lowest BCUT2D eigenvalue weighted by molar-refractivity contribution is 0.797. The molecule has 48 valence electrons. The van der Waals surface area contributed by atoms with Crippen LogP contribution in [0.15, 0.2) is 12.2 Å². The fourth-order valence-electron chi connectivity index (χ4n) is 0.478. The molecule has 0 fully saturated rings. The molecule has 0 radical (unpaired) electrons. The Kier molecular flexibility index (Phi) is 6.45. The van der Waals surface area contributed by atoms with Crippen LogP contribution in [0.1, 0.15) is 20.3 Å². The molecule has 8 heavy (non-hydrogen) atoms. The second-order valence-corrected chi connectivity index (χ2v) is 1.69. The number of hydrogen-bond acceptors (Lipinski definition) is 1. The summed E-state index contributed by atoms with van der Waals surface area (Å²) in [4.78, 5) is 0. The number of hydrogen-bond donors (Lipinski definition) is 1. The maximum absolute atomic E-state index is 3.20. The Hall–Kier alpha value is -0.300. The third-order valence-electron chi connectivity index (χ3n) is 0.915. The summed E-state index contributed by atoms with van der Waals surface area (Å²) >= 11 is 0. The fraction of sp³-hybridized carbons (Fsp3) is 0.714. The Morgan fingerprint density at radius 2 is 2.00 bits per heavy atom. The quantitative estimate of drug-likeness (QED) is 0.431. The molecule has 0 aromatic carbocycles. The Morgan fingerprint density at radius 1 is 1.25 bits per heavy atom. The van der Waals surface area contributed by atoms with E-state index >= 15 is 0 Å². The van der Waals surface area contributed by atoms with Crippen LogP contribution in [0.4, 0.5) is 0 Å². The highest BCUT2D eigenvalue weighted by molar-refractivity contribution is 4.81. The number of likely N-dealkylation sites (N-methyl/N-ethyl adjacent to an activating group) is 1. The van der Waals surface area contributed by atoms with E-state index in [0.29, 0.717) is 0 Å². The van der Waals surface area contributed by atoms with Gasteiger partial charge in [0.2, 0.25) is 0 Å². The predicted molar refractivity (Wildman–Crippen MR) is 38.0 cm³/mol. The van der Waals surface area contributed by atoms with Crippen LogP contribution in [0.2, 0.25) is 0 Å². The van der Waals surface area contributed by atoms with Crippen LogP contribution in [0.25, 0.3) is 0 Å². The molecule has 0 aliphatic rings. The number of nitrogens with one attached hydrogen (secondary N) is 1. The third kappa shape index (κ3) is 5.70. The van der Waals surface area contributed by atoms with Crippen molar-refractivity contribution in [3.05, 3.63) is 12.2 Å². The van der Waals surface area contributed by atoms with Crippen LogP contribution in [-0.2, 0) is 0 Å². The van der Waals surface area contributed by atoms with Crippen LogP contribution in [-0.4, -0.2) is 13.1 Å². The molecule has 1 N–H and O–H groups in total. The van der Waals surface area contributed by atoms with E-state index < -0.39 is 0 Å². The molecule has 0 rings (SSSR count). The molecule has 0 aromatic heterocycles. The summed E-state index contributed by atoms with van der Waals surface area (Å²) < 4.78 is 0. The van der Waals surface area contributed by atoms with Crippen molar-refractivity contribution in [3.63, 3.8) is 0 Å². The molecule has 0 aliphatic heterocycles. The van der Waals surface area contributed by atoms with Gasteiger partial charge >= 0.3 is 0 Å². The molecule has 0 aliphatic carbocycles. The number of rotatable bonds is 4. The summed E-state index contributed by atoms with van der Waals surface area (Å²) in [6.07, 6.45) is 5.47. The van der Waals surface area contributed by atoms with Gasteiger partial charge in [0.1, 0.15) is 0 Å². The van der Waals surface area contributed by atoms with Crippen LogP contribution in [0.5, 0.6) is 0 Å². The molecule has 0 heterocycles. The molecular formula is C7H15N. The van der Waals surface area contributed by atoms with E-state index in [4.69, 9.17) is 0 Å². The zero-order valence-corrected chi connectivity index (χ0v) is 5.78. The fourth-order valence-corrected chi connectivity index (χ4v) is 0.478. The van der Waals surface area contributed by atoms with E-state index in [0.717, 1.165) is 19.5 Å². The number of allylic oxidation sites excluding steroid dienone is 1. The van der Waals surface area contributed by atoms with Gasteiger partial charge in [0.15, 0.2) is 0 Å². The average Bonchev–Trinajstić information content (AvgIpc) is 1.81. The highest BCUT2D eigenvalue weighted by Gasteiger charge is 1.70. The van der Waals surface area contributed by atoms with Gasteiger partial charge in [0.05, 0.1) is 0 Å². The van der Waals surface area contributed by atoms with Gasteiger partial charge in [-0.3, -0.25) is 0 Å². The molecule has 1 heteroatoms. The maximum Gasteiger partial charge on any atom is 0.0134 e. The second kappa shape index (κ2) is 6.70. The Labute approximate surface area is 51.8 Å². The lowest BCUT2D eigenvalue weighted by Crippen LogP contribution is -2.11. The van der Waals surface area contributed by atoms with Gasteiger partial charge in [-0.1, -0.05) is 26.0 Å². The van der Waals surface area contributed by atoms with Gasteiger partial charge in [0.25, 0.3) is 0 Å². The summed E-state index contributed by atoms with van der Waals surface area (Å²) in [5.41, 5.74) is 0. The van der Waals surface area contributed by atoms with Crippen molar-refractivity contribution >= 4 is 0 Å². The minimum Gasteiger partial charge on any atom is -0.314 e. The Bertz CT molecular complexity index is 57.4. The van der Waals surface area contributed by atoms with Crippen molar-refractivity contribution in [3.8, 4) is 0 Å². The third-order valence-corrected chi connectivity index (χ3v) is 0.915. The molecule has 0 saturated heterocycles. The minimum atomic E-state index is 1.02. The summed E-state index contributed by atoms with van der Waals surface area (Å²) in [5, 5.41) is 3.20. The summed E-state index contributed by atoms with van der Waals surface area (Å²) in [5.74, 6) is 0. The topological polar surface area (TPSA) is 12.0 Å². The molecule has 0 atom stereocenters. The molecule has 0 saturated carbocycles. The minimum absolute atomic E-state index is 1.02. The van der Waals surface area contributed by atoms with Crippen molar-refractivity contribution < 1.29 is 0 Å². The first kappa shape index (κ1) is 7.70. The summed E-state index contributed by atoms with van der Waals surface area (Å²) in [6.45, 7) is 6.33. The Balaban J connectivity index is 2.80. The first-order valence-electron chi connectivity index (χ1n) is 3.27. The first-order chi connectivity index (χ1) is 3.91. The SMILES string of the molecule is CCC=CCNCC. The van der Waals surface area contributed by atoms with E-state index in [-0.39, 0.29) is 0 Å². The van der Waals surface area contributed by atoms with Crippen molar-refractivity contribution in [1.82, 2.24) is 5.32 Å². The van der Waals surface area contributed by atoms with Crippen molar-refractivity contribution in [2.24, 2.45) is 0 Å². The summed E-state index contributed by atoms with van der Waals surface area (Å²) in [7, 11) is 0. The van der Waals surface area contributed by atoms with E-state index in [1.165, 1.54) is 0 Å². The molecule has 1 nitrogen and oxygen atoms in total. The predicted octanol–water partition coefficient (Wildman–Crippen LogP) is 1.56. The zero-order chi connectivity index (χ0) is 6.24. The van der Waals surface area contributed by atoms with Crippen molar-refractivity contribution in [2.45, 2.75) is 20.3 Å². The molecule has 0 unspecified atom stereocenters. The molecule has 0 aromatic rings. The first-order valence-corrected chi connectivity index (χ1v) is 3.27. The van der Waals surface area contributed by atoms with Crippen molar-refractivity contribution in [2.75, 3.05) is 13.1 Å². The highest BCUT2D eigenvalue weighted by atomic mass is 14.8.